The smallest absolute Gasteiger partial charge is 0.231 e. The third kappa shape index (κ3) is 2.97. The Bertz CT molecular complexity index is 186. The lowest BCUT2D eigenvalue weighted by Crippen LogP contribution is -2.43. The van der Waals surface area contributed by atoms with Crippen molar-refractivity contribution in [3.63, 3.8) is 0 Å². The predicted octanol–water partition coefficient (Wildman–Crippen LogP) is -0.434. The molecule has 0 bridgehead atoms. The summed E-state index contributed by atoms with van der Waals surface area (Å²) in [5.74, 6) is -0.271. The van der Waals surface area contributed by atoms with Crippen LogP contribution in [-0.2, 0) is 4.79 Å². The molecule has 0 aromatic carbocycles. The Balaban J connectivity index is 2.34. The minimum atomic E-state index is -0.271. The first-order chi connectivity index (χ1) is 6.06. The van der Waals surface area contributed by atoms with E-state index in [0.29, 0.717) is 6.54 Å². The topological polar surface area (TPSA) is 66.6 Å². The fraction of sp³-hybridized carbons (Fsp3) is 0.889. The summed E-state index contributed by atoms with van der Waals surface area (Å²) in [6, 6.07) is 0. The van der Waals surface area contributed by atoms with Crippen molar-refractivity contribution >= 4 is 5.91 Å². The molecule has 0 aromatic heterocycles. The Morgan fingerprint density at radius 3 is 2.46 bits per heavy atom. The monoisotopic (exact) mass is 186 g/mol. The van der Waals surface area contributed by atoms with Crippen molar-refractivity contribution in [2.45, 2.75) is 19.8 Å². The van der Waals surface area contributed by atoms with Crippen LogP contribution >= 0.6 is 0 Å². The van der Waals surface area contributed by atoms with Crippen molar-refractivity contribution in [1.82, 2.24) is 4.90 Å². The number of aliphatic hydroxyl groups is 1. The van der Waals surface area contributed by atoms with Gasteiger partial charge in [0.2, 0.25) is 5.91 Å². The molecular weight excluding hydrogens is 168 g/mol. The highest BCUT2D eigenvalue weighted by Crippen LogP contribution is 2.29. The van der Waals surface area contributed by atoms with Crippen LogP contribution in [0.3, 0.4) is 0 Å². The molecule has 0 radical (unpaired) electrons. The number of rotatable bonds is 3. The van der Waals surface area contributed by atoms with Gasteiger partial charge in [0.25, 0.3) is 0 Å². The molecule has 0 unspecified atom stereocenters. The maximum absolute atomic E-state index is 10.6. The number of hydrogen-bond donors (Lipinski definition) is 2. The van der Waals surface area contributed by atoms with E-state index >= 15 is 0 Å². The van der Waals surface area contributed by atoms with Crippen LogP contribution in [0.25, 0.3) is 0 Å². The largest absolute Gasteiger partial charge is 0.396 e. The molecule has 0 spiro atoms. The highest BCUT2D eigenvalue weighted by molar-refractivity contribution is 5.75. The third-order valence-electron chi connectivity index (χ3n) is 2.82. The van der Waals surface area contributed by atoms with E-state index in [0.717, 1.165) is 25.9 Å². The molecule has 4 nitrogen and oxygen atoms in total. The van der Waals surface area contributed by atoms with Crippen molar-refractivity contribution in [2.75, 3.05) is 26.2 Å². The van der Waals surface area contributed by atoms with E-state index < -0.39 is 0 Å². The Morgan fingerprint density at radius 2 is 2.08 bits per heavy atom. The first-order valence-electron chi connectivity index (χ1n) is 4.67. The summed E-state index contributed by atoms with van der Waals surface area (Å²) in [5.41, 5.74) is 5.14. The molecule has 1 rings (SSSR count). The van der Waals surface area contributed by atoms with E-state index in [1.54, 1.807) is 0 Å². The van der Waals surface area contributed by atoms with Crippen molar-refractivity contribution in [3.05, 3.63) is 0 Å². The summed E-state index contributed by atoms with van der Waals surface area (Å²) in [6.07, 6.45) is 1.88. The molecule has 76 valence electrons. The predicted molar refractivity (Wildman–Crippen MR) is 50.1 cm³/mol. The van der Waals surface area contributed by atoms with Gasteiger partial charge in [0, 0.05) is 6.61 Å². The first-order valence-corrected chi connectivity index (χ1v) is 4.67. The minimum Gasteiger partial charge on any atom is -0.396 e. The minimum absolute atomic E-state index is 0.0497. The number of nitrogens with two attached hydrogens (primary N) is 1. The second kappa shape index (κ2) is 4.07. The van der Waals surface area contributed by atoms with Crippen LogP contribution in [0.15, 0.2) is 0 Å². The van der Waals surface area contributed by atoms with Crippen LogP contribution in [0.4, 0.5) is 0 Å². The van der Waals surface area contributed by atoms with Gasteiger partial charge in [0.1, 0.15) is 0 Å². The number of hydrogen-bond acceptors (Lipinski definition) is 3. The summed E-state index contributed by atoms with van der Waals surface area (Å²) in [6.45, 7) is 4.38. The van der Waals surface area contributed by atoms with Crippen molar-refractivity contribution < 1.29 is 9.90 Å². The molecule has 1 aliphatic rings. The zero-order valence-corrected chi connectivity index (χ0v) is 8.12. The number of piperidine rings is 1. The normalized spacial score (nSPS) is 22.9. The summed E-state index contributed by atoms with van der Waals surface area (Å²) in [7, 11) is 0. The number of primary amides is 1. The van der Waals surface area contributed by atoms with E-state index in [-0.39, 0.29) is 17.9 Å². The molecule has 13 heavy (non-hydrogen) atoms. The van der Waals surface area contributed by atoms with Crippen molar-refractivity contribution in [3.8, 4) is 0 Å². The average molecular weight is 186 g/mol. The number of likely N-dealkylation sites (tertiary alicyclic amines) is 1. The van der Waals surface area contributed by atoms with Gasteiger partial charge in [-0.3, -0.25) is 9.69 Å². The maximum atomic E-state index is 10.6. The van der Waals surface area contributed by atoms with Gasteiger partial charge in [0.15, 0.2) is 0 Å². The van der Waals surface area contributed by atoms with E-state index in [1.807, 2.05) is 4.90 Å². The van der Waals surface area contributed by atoms with Gasteiger partial charge >= 0.3 is 0 Å². The second-order valence-corrected chi connectivity index (χ2v) is 4.21. The fourth-order valence-electron chi connectivity index (χ4n) is 1.63. The zero-order valence-electron chi connectivity index (χ0n) is 8.12. The van der Waals surface area contributed by atoms with Crippen molar-refractivity contribution in [1.29, 1.82) is 0 Å². The lowest BCUT2D eigenvalue weighted by Gasteiger charge is -2.37. The van der Waals surface area contributed by atoms with Gasteiger partial charge in [-0.25, -0.2) is 0 Å². The highest BCUT2D eigenvalue weighted by Gasteiger charge is 2.29. The maximum Gasteiger partial charge on any atom is 0.231 e. The molecule has 3 N–H and O–H groups in total. The standard InChI is InChI=1S/C9H18N2O2/c1-9(7-12)2-4-11(5-3-9)6-8(10)13/h12H,2-7H2,1H3,(H2,10,13). The number of carbonyl (C=O) groups excluding carboxylic acids is 1. The lowest BCUT2D eigenvalue weighted by atomic mass is 9.81. The summed E-state index contributed by atoms with van der Waals surface area (Å²) >= 11 is 0. The third-order valence-corrected chi connectivity index (χ3v) is 2.82. The Labute approximate surface area is 78.7 Å². The first kappa shape index (κ1) is 10.5. The van der Waals surface area contributed by atoms with Gasteiger partial charge in [-0.2, -0.15) is 0 Å². The molecule has 1 amide bonds. The van der Waals surface area contributed by atoms with Crippen LogP contribution in [0.1, 0.15) is 19.8 Å². The highest BCUT2D eigenvalue weighted by atomic mass is 16.3. The molecule has 1 saturated heterocycles. The van der Waals surface area contributed by atoms with Gasteiger partial charge in [-0.15, -0.1) is 0 Å². The quantitative estimate of drug-likeness (QED) is 0.628. The van der Waals surface area contributed by atoms with Crippen LogP contribution in [-0.4, -0.2) is 42.2 Å². The van der Waals surface area contributed by atoms with Crippen LogP contribution in [0, 0.1) is 5.41 Å². The van der Waals surface area contributed by atoms with Crippen LogP contribution < -0.4 is 5.73 Å². The molecule has 0 atom stereocenters. The molecule has 0 aromatic rings. The molecule has 1 fully saturated rings. The van der Waals surface area contributed by atoms with Gasteiger partial charge in [-0.1, -0.05) is 6.92 Å². The SMILES string of the molecule is CC1(CO)CCN(CC(N)=O)CC1. The number of amides is 1. The van der Waals surface area contributed by atoms with E-state index in [1.165, 1.54) is 0 Å². The number of aliphatic hydroxyl groups excluding tert-OH is 1. The summed E-state index contributed by atoms with van der Waals surface area (Å²) < 4.78 is 0. The number of nitrogens with zero attached hydrogens (tertiary/aromatic N) is 1. The molecule has 1 aliphatic heterocycles. The van der Waals surface area contributed by atoms with Crippen molar-refractivity contribution in [2.24, 2.45) is 11.1 Å². The molecule has 4 heteroatoms. The Kier molecular flexibility index (Phi) is 3.27. The molecular formula is C9H18N2O2. The van der Waals surface area contributed by atoms with E-state index in [4.69, 9.17) is 10.8 Å². The van der Waals surface area contributed by atoms with Gasteiger partial charge in [-0.05, 0) is 31.3 Å². The molecule has 0 aliphatic carbocycles. The Hall–Kier alpha value is -0.610. The van der Waals surface area contributed by atoms with Crippen LogP contribution in [0.5, 0.6) is 0 Å². The Morgan fingerprint density at radius 1 is 1.54 bits per heavy atom. The zero-order chi connectivity index (χ0) is 9.90. The molecule has 0 saturated carbocycles. The number of carbonyl (C=O) groups is 1. The van der Waals surface area contributed by atoms with E-state index in [9.17, 15) is 4.79 Å². The fourth-order valence-corrected chi connectivity index (χ4v) is 1.63. The van der Waals surface area contributed by atoms with Crippen LogP contribution in [0.2, 0.25) is 0 Å². The van der Waals surface area contributed by atoms with E-state index in [2.05, 4.69) is 6.92 Å². The molecule has 1 heterocycles. The summed E-state index contributed by atoms with van der Waals surface area (Å²) in [4.78, 5) is 12.7. The average Bonchev–Trinajstić information content (AvgIpc) is 2.09. The van der Waals surface area contributed by atoms with Gasteiger partial charge in [0.05, 0.1) is 6.54 Å². The summed E-state index contributed by atoms with van der Waals surface area (Å²) in [5, 5.41) is 9.11. The van der Waals surface area contributed by atoms with Gasteiger partial charge < -0.3 is 10.8 Å². The lowest BCUT2D eigenvalue weighted by molar-refractivity contribution is -0.119. The second-order valence-electron chi connectivity index (χ2n) is 4.21.